The molecule has 7 heteroatoms. The zero-order valence-electron chi connectivity index (χ0n) is 13.9. The molecule has 0 aliphatic rings. The van der Waals surface area contributed by atoms with E-state index >= 15 is 0 Å². The topological polar surface area (TPSA) is 79.6 Å². The Morgan fingerprint density at radius 1 is 1.33 bits per heavy atom. The van der Waals surface area contributed by atoms with Crippen LogP contribution in [0.15, 0.2) is 46.8 Å². The summed E-state index contributed by atoms with van der Waals surface area (Å²) in [5.74, 6) is 1.11. The van der Waals surface area contributed by atoms with Crippen LogP contribution in [-0.2, 0) is 6.54 Å². The molecule has 0 saturated heterocycles. The molecule has 0 fully saturated rings. The van der Waals surface area contributed by atoms with E-state index in [0.717, 1.165) is 18.7 Å². The Hall–Kier alpha value is -2.41. The molecule has 0 aliphatic carbocycles. The number of rotatable bonds is 7. The van der Waals surface area contributed by atoms with Crippen LogP contribution in [-0.4, -0.2) is 24.0 Å². The molecule has 1 aromatic heterocycles. The lowest BCUT2D eigenvalue weighted by molar-refractivity contribution is -0.384. The van der Waals surface area contributed by atoms with Gasteiger partial charge in [0.05, 0.1) is 11.5 Å². The van der Waals surface area contributed by atoms with Crippen molar-refractivity contribution in [1.29, 1.82) is 0 Å². The van der Waals surface area contributed by atoms with Gasteiger partial charge >= 0.3 is 0 Å². The number of hydrogen-bond acceptors (Lipinski definition) is 4. The van der Waals surface area contributed by atoms with Gasteiger partial charge in [0.25, 0.3) is 5.69 Å². The molecule has 1 atom stereocenters. The number of nitro groups is 1. The van der Waals surface area contributed by atoms with Crippen molar-refractivity contribution in [2.75, 3.05) is 13.1 Å². The molecule has 0 bridgehead atoms. The van der Waals surface area contributed by atoms with Crippen molar-refractivity contribution >= 4 is 23.0 Å². The third-order valence-corrected chi connectivity index (χ3v) is 4.59. The number of nitrogens with zero attached hydrogens (tertiary/aromatic N) is 2. The summed E-state index contributed by atoms with van der Waals surface area (Å²) in [4.78, 5) is 16.3. The van der Waals surface area contributed by atoms with Crippen LogP contribution in [0.3, 0.4) is 0 Å². The fourth-order valence-corrected chi connectivity index (χ4v) is 2.99. The number of hydrogen-bond donors (Lipinski definition) is 2. The summed E-state index contributed by atoms with van der Waals surface area (Å²) < 4.78 is 0. The van der Waals surface area contributed by atoms with Gasteiger partial charge in [0.1, 0.15) is 0 Å². The van der Waals surface area contributed by atoms with Crippen molar-refractivity contribution in [2.24, 2.45) is 4.99 Å². The van der Waals surface area contributed by atoms with Gasteiger partial charge in [0.2, 0.25) is 0 Å². The molecule has 0 amide bonds. The fraction of sp³-hybridized carbons (Fsp3) is 0.353. The van der Waals surface area contributed by atoms with Crippen LogP contribution in [0.5, 0.6) is 0 Å². The van der Waals surface area contributed by atoms with Crippen molar-refractivity contribution in [3.63, 3.8) is 0 Å². The first kappa shape index (κ1) is 17.9. The summed E-state index contributed by atoms with van der Waals surface area (Å²) >= 11 is 1.75. The van der Waals surface area contributed by atoms with Crippen LogP contribution < -0.4 is 10.6 Å². The van der Waals surface area contributed by atoms with Crippen LogP contribution >= 0.6 is 11.3 Å². The zero-order chi connectivity index (χ0) is 17.4. The lowest BCUT2D eigenvalue weighted by Crippen LogP contribution is -2.39. The highest BCUT2D eigenvalue weighted by Gasteiger charge is 2.08. The number of benzene rings is 1. The minimum Gasteiger partial charge on any atom is -0.357 e. The van der Waals surface area contributed by atoms with Crippen LogP contribution in [0.1, 0.15) is 30.2 Å². The maximum Gasteiger partial charge on any atom is 0.269 e. The molecule has 2 aromatic rings. The molecule has 0 spiro atoms. The van der Waals surface area contributed by atoms with Gasteiger partial charge in [0.15, 0.2) is 5.96 Å². The van der Waals surface area contributed by atoms with E-state index in [-0.39, 0.29) is 10.6 Å². The van der Waals surface area contributed by atoms with E-state index in [1.165, 1.54) is 10.9 Å². The van der Waals surface area contributed by atoms with E-state index in [4.69, 9.17) is 0 Å². The Labute approximate surface area is 145 Å². The summed E-state index contributed by atoms with van der Waals surface area (Å²) in [7, 11) is 0. The molecule has 0 saturated carbocycles. The number of non-ortho nitro benzene ring substituents is 1. The van der Waals surface area contributed by atoms with Crippen molar-refractivity contribution in [2.45, 2.75) is 26.3 Å². The Balaban J connectivity index is 1.97. The largest absolute Gasteiger partial charge is 0.357 e. The third-order valence-electron chi connectivity index (χ3n) is 3.49. The smallest absolute Gasteiger partial charge is 0.269 e. The number of thiophene rings is 1. The molecule has 128 valence electrons. The van der Waals surface area contributed by atoms with Crippen LogP contribution in [0.25, 0.3) is 0 Å². The van der Waals surface area contributed by atoms with Crippen molar-refractivity contribution in [3.8, 4) is 0 Å². The lowest BCUT2D eigenvalue weighted by atomic mass is 10.1. The molecule has 0 radical (unpaired) electrons. The average molecular weight is 346 g/mol. The molecule has 6 nitrogen and oxygen atoms in total. The Kier molecular flexibility index (Phi) is 6.74. The van der Waals surface area contributed by atoms with Gasteiger partial charge in [-0.05, 0) is 23.9 Å². The van der Waals surface area contributed by atoms with E-state index < -0.39 is 0 Å². The monoisotopic (exact) mass is 346 g/mol. The first-order valence-corrected chi connectivity index (χ1v) is 8.77. The molecule has 1 aromatic carbocycles. The minimum atomic E-state index is -0.390. The van der Waals surface area contributed by atoms with Crippen LogP contribution in [0.4, 0.5) is 5.69 Å². The third kappa shape index (κ3) is 5.34. The molecule has 1 heterocycles. The number of aliphatic imine (C=N–C) groups is 1. The molecule has 1 unspecified atom stereocenters. The Bertz CT molecular complexity index is 686. The molecular weight excluding hydrogens is 324 g/mol. The fourth-order valence-electron chi connectivity index (χ4n) is 2.20. The van der Waals surface area contributed by atoms with Gasteiger partial charge in [-0.3, -0.25) is 10.1 Å². The summed E-state index contributed by atoms with van der Waals surface area (Å²) in [6, 6.07) is 10.7. The van der Waals surface area contributed by atoms with Gasteiger partial charge in [0, 0.05) is 36.0 Å². The second kappa shape index (κ2) is 9.02. The summed E-state index contributed by atoms with van der Waals surface area (Å²) in [6.45, 7) is 6.11. The van der Waals surface area contributed by atoms with Crippen LogP contribution in [0.2, 0.25) is 0 Å². The predicted octanol–water partition coefficient (Wildman–Crippen LogP) is 3.52. The first-order valence-electron chi connectivity index (χ1n) is 7.89. The highest BCUT2D eigenvalue weighted by atomic mass is 32.1. The average Bonchev–Trinajstić information content (AvgIpc) is 3.12. The second-order valence-electron chi connectivity index (χ2n) is 5.42. The van der Waals surface area contributed by atoms with E-state index in [9.17, 15) is 10.1 Å². The Morgan fingerprint density at radius 3 is 2.83 bits per heavy atom. The molecule has 0 aliphatic heterocycles. The second-order valence-corrected chi connectivity index (χ2v) is 6.40. The molecule has 24 heavy (non-hydrogen) atoms. The van der Waals surface area contributed by atoms with E-state index in [1.807, 2.05) is 13.0 Å². The highest BCUT2D eigenvalue weighted by molar-refractivity contribution is 7.10. The number of nitro benzene ring substituents is 1. The highest BCUT2D eigenvalue weighted by Crippen LogP contribution is 2.19. The summed E-state index contributed by atoms with van der Waals surface area (Å²) in [5, 5.41) is 19.4. The molecular formula is C17H22N4O2S. The quantitative estimate of drug-likeness (QED) is 0.348. The van der Waals surface area contributed by atoms with E-state index in [1.54, 1.807) is 23.5 Å². The molecule has 2 N–H and O–H groups in total. The van der Waals surface area contributed by atoms with E-state index in [2.05, 4.69) is 40.1 Å². The summed E-state index contributed by atoms with van der Waals surface area (Å²) in [6.07, 6.45) is 0. The number of nitrogens with one attached hydrogen (secondary N) is 2. The van der Waals surface area contributed by atoms with Gasteiger partial charge < -0.3 is 10.6 Å². The van der Waals surface area contributed by atoms with Crippen molar-refractivity contribution in [1.82, 2.24) is 10.6 Å². The van der Waals surface area contributed by atoms with Crippen LogP contribution in [0, 0.1) is 10.1 Å². The number of guanidine groups is 1. The van der Waals surface area contributed by atoms with E-state index in [0.29, 0.717) is 18.4 Å². The first-order chi connectivity index (χ1) is 11.6. The standard InChI is InChI=1S/C17H22N4O2S/c1-3-18-17(19-11-13(2)16-8-5-9-24-16)20-12-14-6-4-7-15(10-14)21(22)23/h4-10,13H,3,11-12H2,1-2H3,(H2,18,19,20). The van der Waals surface area contributed by atoms with Gasteiger partial charge in [-0.15, -0.1) is 11.3 Å². The lowest BCUT2D eigenvalue weighted by Gasteiger charge is -2.15. The Morgan fingerprint density at radius 2 is 2.17 bits per heavy atom. The maximum atomic E-state index is 10.8. The van der Waals surface area contributed by atoms with Gasteiger partial charge in [-0.2, -0.15) is 0 Å². The van der Waals surface area contributed by atoms with Crippen molar-refractivity contribution < 1.29 is 4.92 Å². The SMILES string of the molecule is CCNC(=NCc1cccc([N+](=O)[O-])c1)NCC(C)c1cccs1. The normalized spacial score (nSPS) is 12.7. The maximum absolute atomic E-state index is 10.8. The molecule has 2 rings (SSSR count). The minimum absolute atomic E-state index is 0.0898. The predicted molar refractivity (Wildman–Crippen MR) is 98.6 cm³/mol. The van der Waals surface area contributed by atoms with Gasteiger partial charge in [-0.25, -0.2) is 4.99 Å². The zero-order valence-corrected chi connectivity index (χ0v) is 14.7. The van der Waals surface area contributed by atoms with Crippen molar-refractivity contribution in [3.05, 3.63) is 62.3 Å². The van der Waals surface area contributed by atoms with Gasteiger partial charge in [-0.1, -0.05) is 25.1 Å². The summed E-state index contributed by atoms with van der Waals surface area (Å²) in [5.41, 5.74) is 0.902.